The van der Waals surface area contributed by atoms with Gasteiger partial charge in [-0.05, 0) is 18.9 Å². The van der Waals surface area contributed by atoms with Crippen LogP contribution in [0.5, 0.6) is 0 Å². The molecule has 0 aliphatic carbocycles. The minimum Gasteiger partial charge on any atom is -0.370 e. The smallest absolute Gasteiger partial charge is 0.217 e. The number of hydrogen-bond donors (Lipinski definition) is 2. The molecule has 1 amide bonds. The van der Waals surface area contributed by atoms with Gasteiger partial charge in [-0.3, -0.25) is 4.79 Å². The standard InChI is InChI=1S/C10H13ClFN3O/c11-7-5-8(12)10(15-6-7)14-4-2-1-3-9(13)16/h5-6H,1-4H2,(H2,13,16)(H,14,15). The van der Waals surface area contributed by atoms with Crippen molar-refractivity contribution >= 4 is 23.3 Å². The first kappa shape index (κ1) is 12.7. The second kappa shape index (κ2) is 6.27. The lowest BCUT2D eigenvalue weighted by atomic mass is 10.2. The van der Waals surface area contributed by atoms with Crippen molar-refractivity contribution in [2.24, 2.45) is 5.73 Å². The fraction of sp³-hybridized carbons (Fsp3) is 0.400. The Balaban J connectivity index is 2.29. The van der Waals surface area contributed by atoms with Gasteiger partial charge in [-0.2, -0.15) is 0 Å². The van der Waals surface area contributed by atoms with Crippen LogP contribution in [0.2, 0.25) is 5.02 Å². The van der Waals surface area contributed by atoms with Crippen molar-refractivity contribution in [2.45, 2.75) is 19.3 Å². The predicted octanol–water partition coefficient (Wildman–Crippen LogP) is 1.94. The number of hydrogen-bond acceptors (Lipinski definition) is 3. The van der Waals surface area contributed by atoms with Gasteiger partial charge in [0.05, 0.1) is 5.02 Å². The maximum atomic E-state index is 13.2. The van der Waals surface area contributed by atoms with E-state index in [2.05, 4.69) is 10.3 Å². The highest BCUT2D eigenvalue weighted by Crippen LogP contribution is 2.15. The number of halogens is 2. The Kier molecular flexibility index (Phi) is 4.98. The van der Waals surface area contributed by atoms with E-state index in [0.717, 1.165) is 6.42 Å². The summed E-state index contributed by atoms with van der Waals surface area (Å²) in [5, 5.41) is 3.08. The number of carbonyl (C=O) groups excluding carboxylic acids is 1. The second-order valence-corrected chi connectivity index (χ2v) is 3.77. The van der Waals surface area contributed by atoms with E-state index in [1.807, 2.05) is 0 Å². The van der Waals surface area contributed by atoms with Crippen LogP contribution in [-0.2, 0) is 4.79 Å². The van der Waals surface area contributed by atoms with E-state index in [0.29, 0.717) is 19.4 Å². The van der Waals surface area contributed by atoms with Crippen molar-refractivity contribution in [2.75, 3.05) is 11.9 Å². The van der Waals surface area contributed by atoms with Crippen LogP contribution in [0.3, 0.4) is 0 Å². The molecule has 0 saturated heterocycles. The van der Waals surface area contributed by atoms with E-state index in [1.54, 1.807) is 0 Å². The maximum absolute atomic E-state index is 13.2. The third kappa shape index (κ3) is 4.44. The quantitative estimate of drug-likeness (QED) is 0.753. The van der Waals surface area contributed by atoms with Gasteiger partial charge in [0, 0.05) is 19.2 Å². The highest BCUT2D eigenvalue weighted by molar-refractivity contribution is 6.30. The van der Waals surface area contributed by atoms with Crippen LogP contribution < -0.4 is 11.1 Å². The van der Waals surface area contributed by atoms with Crippen molar-refractivity contribution in [3.05, 3.63) is 23.1 Å². The lowest BCUT2D eigenvalue weighted by Gasteiger charge is -2.05. The number of unbranched alkanes of at least 4 members (excludes halogenated alkanes) is 1. The summed E-state index contributed by atoms with van der Waals surface area (Å²) >= 11 is 5.55. The summed E-state index contributed by atoms with van der Waals surface area (Å²) in [5.41, 5.74) is 4.98. The van der Waals surface area contributed by atoms with Gasteiger partial charge in [-0.15, -0.1) is 0 Å². The van der Waals surface area contributed by atoms with E-state index in [1.165, 1.54) is 12.3 Å². The monoisotopic (exact) mass is 245 g/mol. The molecule has 3 N–H and O–H groups in total. The molecule has 0 unspecified atom stereocenters. The van der Waals surface area contributed by atoms with E-state index >= 15 is 0 Å². The Hall–Kier alpha value is -1.36. The molecule has 0 aromatic carbocycles. The number of amides is 1. The first-order valence-electron chi connectivity index (χ1n) is 4.93. The second-order valence-electron chi connectivity index (χ2n) is 3.33. The topological polar surface area (TPSA) is 68.0 Å². The van der Waals surface area contributed by atoms with Crippen molar-refractivity contribution in [1.82, 2.24) is 4.98 Å². The number of carbonyl (C=O) groups is 1. The molecule has 1 aromatic rings. The number of nitrogens with one attached hydrogen (secondary N) is 1. The highest BCUT2D eigenvalue weighted by atomic mass is 35.5. The Morgan fingerprint density at radius 2 is 2.31 bits per heavy atom. The number of rotatable bonds is 6. The molecule has 0 bridgehead atoms. The van der Waals surface area contributed by atoms with Gasteiger partial charge in [-0.25, -0.2) is 9.37 Å². The number of nitrogens with zero attached hydrogens (tertiary/aromatic N) is 1. The molecule has 1 heterocycles. The molecule has 1 aromatic heterocycles. The number of nitrogens with two attached hydrogens (primary N) is 1. The Labute approximate surface area is 98.0 Å². The summed E-state index contributed by atoms with van der Waals surface area (Å²) in [4.78, 5) is 14.2. The molecule has 0 aliphatic rings. The van der Waals surface area contributed by atoms with E-state index in [-0.39, 0.29) is 16.7 Å². The summed E-state index contributed by atoms with van der Waals surface area (Å²) in [6, 6.07) is 1.19. The van der Waals surface area contributed by atoms with Crippen LogP contribution in [0, 0.1) is 5.82 Å². The first-order chi connectivity index (χ1) is 7.59. The third-order valence-electron chi connectivity index (χ3n) is 1.95. The Morgan fingerprint density at radius 1 is 1.56 bits per heavy atom. The predicted molar refractivity (Wildman–Crippen MR) is 60.7 cm³/mol. The zero-order valence-corrected chi connectivity index (χ0v) is 9.43. The summed E-state index contributed by atoms with van der Waals surface area (Å²) in [5.74, 6) is -0.637. The van der Waals surface area contributed by atoms with Gasteiger partial charge in [0.2, 0.25) is 5.91 Å². The molecular formula is C10H13ClFN3O. The zero-order chi connectivity index (χ0) is 12.0. The molecule has 0 saturated carbocycles. The molecule has 0 radical (unpaired) electrons. The minimum absolute atomic E-state index is 0.170. The molecule has 0 atom stereocenters. The van der Waals surface area contributed by atoms with Crippen molar-refractivity contribution in [1.29, 1.82) is 0 Å². The lowest BCUT2D eigenvalue weighted by molar-refractivity contribution is -0.118. The van der Waals surface area contributed by atoms with Gasteiger partial charge in [-0.1, -0.05) is 11.6 Å². The van der Waals surface area contributed by atoms with Gasteiger partial charge in [0.25, 0.3) is 0 Å². The fourth-order valence-corrected chi connectivity index (χ4v) is 1.32. The van der Waals surface area contributed by atoms with Gasteiger partial charge >= 0.3 is 0 Å². The van der Waals surface area contributed by atoms with Crippen molar-refractivity contribution in [3.63, 3.8) is 0 Å². The van der Waals surface area contributed by atoms with Crippen LogP contribution in [0.4, 0.5) is 10.2 Å². The van der Waals surface area contributed by atoms with Gasteiger partial charge in [0.1, 0.15) is 0 Å². The van der Waals surface area contributed by atoms with Gasteiger partial charge in [0.15, 0.2) is 11.6 Å². The Bertz CT molecular complexity index is 373. The maximum Gasteiger partial charge on any atom is 0.217 e. The summed E-state index contributed by atoms with van der Waals surface area (Å²) < 4.78 is 13.2. The number of primary amides is 1. The number of anilines is 1. The summed E-state index contributed by atoms with van der Waals surface area (Å²) in [6.45, 7) is 0.541. The molecular weight excluding hydrogens is 233 g/mol. The SMILES string of the molecule is NC(=O)CCCCNc1ncc(Cl)cc1F. The molecule has 1 rings (SSSR count). The van der Waals surface area contributed by atoms with E-state index < -0.39 is 5.82 Å². The number of aromatic nitrogens is 1. The van der Waals surface area contributed by atoms with Crippen LogP contribution in [0.15, 0.2) is 12.3 Å². The highest BCUT2D eigenvalue weighted by Gasteiger charge is 2.03. The van der Waals surface area contributed by atoms with E-state index in [9.17, 15) is 9.18 Å². The number of pyridine rings is 1. The molecule has 4 nitrogen and oxygen atoms in total. The average Bonchev–Trinajstić information content (AvgIpc) is 2.20. The van der Waals surface area contributed by atoms with Crippen molar-refractivity contribution < 1.29 is 9.18 Å². The fourth-order valence-electron chi connectivity index (χ4n) is 1.18. The Morgan fingerprint density at radius 3 is 2.94 bits per heavy atom. The van der Waals surface area contributed by atoms with Crippen LogP contribution in [0.25, 0.3) is 0 Å². The average molecular weight is 246 g/mol. The largest absolute Gasteiger partial charge is 0.370 e. The molecule has 0 fully saturated rings. The van der Waals surface area contributed by atoms with Crippen molar-refractivity contribution in [3.8, 4) is 0 Å². The first-order valence-corrected chi connectivity index (χ1v) is 5.30. The van der Waals surface area contributed by atoms with Crippen LogP contribution in [-0.4, -0.2) is 17.4 Å². The molecule has 0 spiro atoms. The zero-order valence-electron chi connectivity index (χ0n) is 8.67. The summed E-state index contributed by atoms with van der Waals surface area (Å²) in [6.07, 6.45) is 3.12. The third-order valence-corrected chi connectivity index (χ3v) is 2.16. The molecule has 88 valence electrons. The lowest BCUT2D eigenvalue weighted by Crippen LogP contribution is -2.11. The van der Waals surface area contributed by atoms with Crippen LogP contribution >= 0.6 is 11.6 Å². The van der Waals surface area contributed by atoms with Gasteiger partial charge < -0.3 is 11.1 Å². The van der Waals surface area contributed by atoms with Crippen LogP contribution in [0.1, 0.15) is 19.3 Å². The molecule has 16 heavy (non-hydrogen) atoms. The minimum atomic E-state index is -0.484. The molecule has 6 heteroatoms. The normalized spacial score (nSPS) is 10.1. The van der Waals surface area contributed by atoms with E-state index in [4.69, 9.17) is 17.3 Å². The summed E-state index contributed by atoms with van der Waals surface area (Å²) in [7, 11) is 0. The molecule has 0 aliphatic heterocycles.